The highest BCUT2D eigenvalue weighted by atomic mass is 16.2. The highest BCUT2D eigenvalue weighted by Gasteiger charge is 2.23. The van der Waals surface area contributed by atoms with E-state index in [1.165, 1.54) is 5.56 Å². The molecule has 0 fully saturated rings. The third-order valence-electron chi connectivity index (χ3n) is 3.93. The van der Waals surface area contributed by atoms with Crippen molar-refractivity contribution in [2.45, 2.75) is 19.3 Å². The largest absolute Gasteiger partial charge is 0.387 e. The van der Waals surface area contributed by atoms with Gasteiger partial charge in [0.15, 0.2) is 0 Å². The second-order valence-corrected chi connectivity index (χ2v) is 5.21. The first-order chi connectivity index (χ1) is 10.3. The van der Waals surface area contributed by atoms with Gasteiger partial charge in [-0.1, -0.05) is 18.2 Å². The monoisotopic (exact) mass is 281 g/mol. The predicted molar refractivity (Wildman–Crippen MR) is 84.8 cm³/mol. The SMILES string of the molecule is CNc1ccncc1C(=O)N1CCCCc2ccccc21. The van der Waals surface area contributed by atoms with Crippen molar-refractivity contribution in [1.82, 2.24) is 4.98 Å². The van der Waals surface area contributed by atoms with Crippen LogP contribution in [0, 0.1) is 0 Å². The lowest BCUT2D eigenvalue weighted by Crippen LogP contribution is -2.32. The molecule has 0 atom stereocenters. The van der Waals surface area contributed by atoms with Gasteiger partial charge in [0, 0.05) is 37.4 Å². The zero-order valence-electron chi connectivity index (χ0n) is 12.2. The number of carbonyl (C=O) groups is 1. The summed E-state index contributed by atoms with van der Waals surface area (Å²) >= 11 is 0. The molecule has 2 heterocycles. The molecule has 21 heavy (non-hydrogen) atoms. The molecule has 108 valence electrons. The molecule has 1 aliphatic rings. The van der Waals surface area contributed by atoms with Crippen LogP contribution in [0.1, 0.15) is 28.8 Å². The Morgan fingerprint density at radius 2 is 2.10 bits per heavy atom. The van der Waals surface area contributed by atoms with Gasteiger partial charge in [-0.15, -0.1) is 0 Å². The molecule has 0 radical (unpaired) electrons. The van der Waals surface area contributed by atoms with E-state index in [1.54, 1.807) is 12.4 Å². The third-order valence-corrected chi connectivity index (χ3v) is 3.93. The van der Waals surface area contributed by atoms with Crippen LogP contribution in [0.2, 0.25) is 0 Å². The molecule has 1 aromatic heterocycles. The van der Waals surface area contributed by atoms with Gasteiger partial charge in [0.25, 0.3) is 5.91 Å². The molecule has 4 nitrogen and oxygen atoms in total. The number of rotatable bonds is 2. The van der Waals surface area contributed by atoms with E-state index >= 15 is 0 Å². The van der Waals surface area contributed by atoms with Crippen molar-refractivity contribution in [3.8, 4) is 0 Å². The molecule has 1 N–H and O–H groups in total. The van der Waals surface area contributed by atoms with Crippen LogP contribution in [0.25, 0.3) is 0 Å². The lowest BCUT2D eigenvalue weighted by molar-refractivity contribution is 0.0987. The topological polar surface area (TPSA) is 45.2 Å². The number of nitrogens with zero attached hydrogens (tertiary/aromatic N) is 2. The second kappa shape index (κ2) is 5.95. The summed E-state index contributed by atoms with van der Waals surface area (Å²) in [6, 6.07) is 10.0. The first-order valence-electron chi connectivity index (χ1n) is 7.33. The predicted octanol–water partition coefficient (Wildman–Crippen LogP) is 3.11. The van der Waals surface area contributed by atoms with E-state index in [1.807, 2.05) is 36.2 Å². The number of para-hydroxylation sites is 1. The Morgan fingerprint density at radius 1 is 1.24 bits per heavy atom. The Balaban J connectivity index is 2.01. The van der Waals surface area contributed by atoms with Gasteiger partial charge in [-0.2, -0.15) is 0 Å². The Morgan fingerprint density at radius 3 is 2.95 bits per heavy atom. The van der Waals surface area contributed by atoms with Crippen LogP contribution in [0.15, 0.2) is 42.7 Å². The van der Waals surface area contributed by atoms with Crippen molar-refractivity contribution in [3.63, 3.8) is 0 Å². The summed E-state index contributed by atoms with van der Waals surface area (Å²) in [5, 5.41) is 3.07. The van der Waals surface area contributed by atoms with Gasteiger partial charge in [-0.3, -0.25) is 9.78 Å². The lowest BCUT2D eigenvalue weighted by atomic mass is 10.1. The number of amides is 1. The van der Waals surface area contributed by atoms with E-state index in [9.17, 15) is 4.79 Å². The average molecular weight is 281 g/mol. The first kappa shape index (κ1) is 13.6. The van der Waals surface area contributed by atoms with Crippen LogP contribution in [-0.2, 0) is 6.42 Å². The molecule has 0 bridgehead atoms. The molecule has 0 spiro atoms. The van der Waals surface area contributed by atoms with Crippen molar-refractivity contribution in [2.75, 3.05) is 23.8 Å². The van der Waals surface area contributed by atoms with Gasteiger partial charge < -0.3 is 10.2 Å². The Labute approximate surface area is 124 Å². The van der Waals surface area contributed by atoms with Crippen molar-refractivity contribution in [3.05, 3.63) is 53.9 Å². The standard InChI is InChI=1S/C17H19N3O/c1-18-15-9-10-19-12-14(15)17(21)20-11-5-4-7-13-6-2-3-8-16(13)20/h2-3,6,8-10,12H,4-5,7,11H2,1H3,(H,18,19). The maximum absolute atomic E-state index is 12.9. The lowest BCUT2D eigenvalue weighted by Gasteiger charge is -2.23. The van der Waals surface area contributed by atoms with E-state index in [2.05, 4.69) is 16.4 Å². The van der Waals surface area contributed by atoms with Crippen LogP contribution in [0.3, 0.4) is 0 Å². The molecule has 1 amide bonds. The third kappa shape index (κ3) is 2.61. The van der Waals surface area contributed by atoms with Gasteiger partial charge in [-0.05, 0) is 37.0 Å². The molecule has 2 aromatic rings. The van der Waals surface area contributed by atoms with Gasteiger partial charge in [0.2, 0.25) is 0 Å². The molecular weight excluding hydrogens is 262 g/mol. The van der Waals surface area contributed by atoms with Gasteiger partial charge in [0.1, 0.15) is 0 Å². The number of aromatic nitrogens is 1. The minimum Gasteiger partial charge on any atom is -0.387 e. The maximum Gasteiger partial charge on any atom is 0.261 e. The number of hydrogen-bond acceptors (Lipinski definition) is 3. The highest BCUT2D eigenvalue weighted by molar-refractivity contribution is 6.09. The molecule has 4 heteroatoms. The molecule has 1 aliphatic heterocycles. The van der Waals surface area contributed by atoms with Crippen molar-refractivity contribution >= 4 is 17.3 Å². The minimum atomic E-state index is 0.0156. The van der Waals surface area contributed by atoms with Crippen LogP contribution in [-0.4, -0.2) is 24.5 Å². The fraction of sp³-hybridized carbons (Fsp3) is 0.294. The summed E-state index contributed by atoms with van der Waals surface area (Å²) in [7, 11) is 1.82. The van der Waals surface area contributed by atoms with Crippen LogP contribution in [0.4, 0.5) is 11.4 Å². The number of hydrogen-bond donors (Lipinski definition) is 1. The normalized spacial score (nSPS) is 14.2. The van der Waals surface area contributed by atoms with Crippen molar-refractivity contribution in [1.29, 1.82) is 0 Å². The number of fused-ring (bicyclic) bond motifs is 1. The van der Waals surface area contributed by atoms with E-state index in [0.717, 1.165) is 37.2 Å². The van der Waals surface area contributed by atoms with Gasteiger partial charge >= 0.3 is 0 Å². The van der Waals surface area contributed by atoms with Crippen LogP contribution < -0.4 is 10.2 Å². The van der Waals surface area contributed by atoms with Crippen molar-refractivity contribution < 1.29 is 4.79 Å². The molecule has 3 rings (SSSR count). The van der Waals surface area contributed by atoms with E-state index in [0.29, 0.717) is 5.56 Å². The van der Waals surface area contributed by atoms with Crippen LogP contribution >= 0.6 is 0 Å². The smallest absolute Gasteiger partial charge is 0.261 e. The quantitative estimate of drug-likeness (QED) is 0.920. The summed E-state index contributed by atoms with van der Waals surface area (Å²) < 4.78 is 0. The number of anilines is 2. The fourth-order valence-electron chi connectivity index (χ4n) is 2.83. The molecule has 1 aromatic carbocycles. The van der Waals surface area contributed by atoms with Crippen LogP contribution in [0.5, 0.6) is 0 Å². The zero-order valence-corrected chi connectivity index (χ0v) is 12.2. The number of aryl methyl sites for hydroxylation is 1. The summed E-state index contributed by atoms with van der Waals surface area (Å²) in [6.45, 7) is 0.758. The Bertz CT molecular complexity index is 654. The zero-order chi connectivity index (χ0) is 14.7. The summed E-state index contributed by atoms with van der Waals surface area (Å²) in [5.41, 5.74) is 3.72. The molecule has 0 unspecified atom stereocenters. The first-order valence-corrected chi connectivity index (χ1v) is 7.33. The van der Waals surface area contributed by atoms with E-state index in [-0.39, 0.29) is 5.91 Å². The second-order valence-electron chi connectivity index (χ2n) is 5.21. The van der Waals surface area contributed by atoms with Crippen molar-refractivity contribution in [2.24, 2.45) is 0 Å². The molecule has 0 saturated heterocycles. The fourth-order valence-corrected chi connectivity index (χ4v) is 2.83. The minimum absolute atomic E-state index is 0.0156. The highest BCUT2D eigenvalue weighted by Crippen LogP contribution is 2.28. The molecule has 0 saturated carbocycles. The van der Waals surface area contributed by atoms with E-state index < -0.39 is 0 Å². The summed E-state index contributed by atoms with van der Waals surface area (Å²) in [5.74, 6) is 0.0156. The summed E-state index contributed by atoms with van der Waals surface area (Å²) in [6.07, 6.45) is 6.51. The number of pyridine rings is 1. The van der Waals surface area contributed by atoms with Gasteiger partial charge in [-0.25, -0.2) is 0 Å². The maximum atomic E-state index is 12.9. The number of benzene rings is 1. The summed E-state index contributed by atoms with van der Waals surface area (Å²) in [4.78, 5) is 18.9. The number of nitrogens with one attached hydrogen (secondary N) is 1. The Hall–Kier alpha value is -2.36. The molecule has 0 aliphatic carbocycles. The average Bonchev–Trinajstić information content (AvgIpc) is 2.76. The van der Waals surface area contributed by atoms with E-state index in [4.69, 9.17) is 0 Å². The number of carbonyl (C=O) groups excluding carboxylic acids is 1. The van der Waals surface area contributed by atoms with Gasteiger partial charge in [0.05, 0.1) is 5.56 Å². The molecular formula is C17H19N3O. The Kier molecular flexibility index (Phi) is 3.86.